The number of carbonyl (C=O) groups is 1. The number of hydrogen-bond donors (Lipinski definition) is 2. The number of methoxy groups -OCH3 is 1. The number of nitrogens with zero attached hydrogens (tertiary/aromatic N) is 2. The lowest BCUT2D eigenvalue weighted by Crippen LogP contribution is -2.47. The molecule has 3 rings (SSSR count). The maximum absolute atomic E-state index is 11.7. The van der Waals surface area contributed by atoms with Crippen molar-refractivity contribution in [3.8, 4) is 5.75 Å². The molecule has 1 heterocycles. The first-order valence-electron chi connectivity index (χ1n) is 7.92. The summed E-state index contributed by atoms with van der Waals surface area (Å²) in [7, 11) is 1.66. The number of nitrogens with two attached hydrogens (primary N) is 2. The van der Waals surface area contributed by atoms with E-state index >= 15 is 0 Å². The van der Waals surface area contributed by atoms with Crippen molar-refractivity contribution in [2.24, 2.45) is 5.73 Å². The zero-order chi connectivity index (χ0) is 17.1. The van der Waals surface area contributed by atoms with Crippen LogP contribution in [0.4, 0.5) is 17.1 Å². The number of rotatable bonds is 4. The molecule has 0 saturated carbocycles. The van der Waals surface area contributed by atoms with Crippen LogP contribution in [0.15, 0.2) is 42.5 Å². The standard InChI is InChI=1S/C18H22N4O2/c1-24-15-5-3-14(4-6-15)21-8-10-22(11-9-21)17-7-2-13(19)12-16(17)18(20)23/h2-7,12H,8-11,19H2,1H3,(H2,20,23). The van der Waals surface area contributed by atoms with Gasteiger partial charge >= 0.3 is 0 Å². The van der Waals surface area contributed by atoms with Gasteiger partial charge in [-0.15, -0.1) is 0 Å². The highest BCUT2D eigenvalue weighted by molar-refractivity contribution is 5.99. The van der Waals surface area contributed by atoms with Crippen molar-refractivity contribution in [2.45, 2.75) is 0 Å². The van der Waals surface area contributed by atoms with E-state index in [9.17, 15) is 4.79 Å². The molecule has 0 radical (unpaired) electrons. The number of carbonyl (C=O) groups excluding carboxylic acids is 1. The van der Waals surface area contributed by atoms with Gasteiger partial charge in [0, 0.05) is 43.2 Å². The van der Waals surface area contributed by atoms with Gasteiger partial charge in [-0.1, -0.05) is 0 Å². The van der Waals surface area contributed by atoms with Crippen molar-refractivity contribution in [3.05, 3.63) is 48.0 Å². The largest absolute Gasteiger partial charge is 0.497 e. The van der Waals surface area contributed by atoms with Crippen LogP contribution >= 0.6 is 0 Å². The van der Waals surface area contributed by atoms with Crippen LogP contribution in [0.3, 0.4) is 0 Å². The third-order valence-electron chi connectivity index (χ3n) is 4.34. The van der Waals surface area contributed by atoms with Gasteiger partial charge in [-0.3, -0.25) is 4.79 Å². The summed E-state index contributed by atoms with van der Waals surface area (Å²) in [5, 5.41) is 0. The second-order valence-corrected chi connectivity index (χ2v) is 5.81. The van der Waals surface area contributed by atoms with Crippen molar-refractivity contribution in [1.29, 1.82) is 0 Å². The molecule has 0 atom stereocenters. The number of amides is 1. The Morgan fingerprint density at radius 1 is 1.00 bits per heavy atom. The molecule has 1 saturated heterocycles. The minimum atomic E-state index is -0.449. The van der Waals surface area contributed by atoms with E-state index in [1.165, 1.54) is 5.69 Å². The van der Waals surface area contributed by atoms with Gasteiger partial charge in [0.2, 0.25) is 0 Å². The van der Waals surface area contributed by atoms with Gasteiger partial charge in [0.25, 0.3) is 5.91 Å². The van der Waals surface area contributed by atoms with E-state index in [0.29, 0.717) is 11.3 Å². The number of piperazine rings is 1. The summed E-state index contributed by atoms with van der Waals surface area (Å²) >= 11 is 0. The van der Waals surface area contributed by atoms with E-state index < -0.39 is 5.91 Å². The van der Waals surface area contributed by atoms with Crippen molar-refractivity contribution < 1.29 is 9.53 Å². The zero-order valence-electron chi connectivity index (χ0n) is 13.7. The van der Waals surface area contributed by atoms with Crippen molar-refractivity contribution in [1.82, 2.24) is 0 Å². The molecule has 1 fully saturated rings. The first-order chi connectivity index (χ1) is 11.6. The van der Waals surface area contributed by atoms with Crippen LogP contribution < -0.4 is 26.0 Å². The van der Waals surface area contributed by atoms with Crippen LogP contribution in [0.5, 0.6) is 5.75 Å². The summed E-state index contributed by atoms with van der Waals surface area (Å²) in [5.41, 5.74) is 14.3. The van der Waals surface area contributed by atoms with Crippen LogP contribution in [-0.4, -0.2) is 39.2 Å². The third kappa shape index (κ3) is 3.22. The van der Waals surface area contributed by atoms with Crippen molar-refractivity contribution >= 4 is 23.0 Å². The average Bonchev–Trinajstić information content (AvgIpc) is 2.62. The molecular formula is C18H22N4O2. The number of anilines is 3. The summed E-state index contributed by atoms with van der Waals surface area (Å²) in [4.78, 5) is 16.2. The lowest BCUT2D eigenvalue weighted by Gasteiger charge is -2.38. The summed E-state index contributed by atoms with van der Waals surface area (Å²) < 4.78 is 5.20. The Morgan fingerprint density at radius 2 is 1.62 bits per heavy atom. The SMILES string of the molecule is COc1ccc(N2CCN(c3ccc(N)cc3C(N)=O)CC2)cc1. The number of primary amides is 1. The molecule has 0 spiro atoms. The van der Waals surface area contributed by atoms with Crippen LogP contribution in [0.2, 0.25) is 0 Å². The Hall–Kier alpha value is -2.89. The van der Waals surface area contributed by atoms with Gasteiger partial charge in [0.05, 0.1) is 12.7 Å². The summed E-state index contributed by atoms with van der Waals surface area (Å²) in [6.07, 6.45) is 0. The molecular weight excluding hydrogens is 304 g/mol. The molecule has 0 aliphatic carbocycles. The first-order valence-corrected chi connectivity index (χ1v) is 7.92. The van der Waals surface area contributed by atoms with E-state index in [2.05, 4.69) is 21.9 Å². The Balaban J connectivity index is 1.72. The number of ether oxygens (including phenoxy) is 1. The third-order valence-corrected chi connectivity index (χ3v) is 4.34. The highest BCUT2D eigenvalue weighted by Gasteiger charge is 2.21. The number of benzene rings is 2. The molecule has 0 bridgehead atoms. The number of nitrogen functional groups attached to an aromatic ring is 1. The molecule has 6 heteroatoms. The Labute approximate surface area is 141 Å². The zero-order valence-corrected chi connectivity index (χ0v) is 13.7. The fourth-order valence-electron chi connectivity index (χ4n) is 3.03. The molecule has 126 valence electrons. The maximum atomic E-state index is 11.7. The van der Waals surface area contributed by atoms with Crippen LogP contribution in [0, 0.1) is 0 Å². The molecule has 0 unspecified atom stereocenters. The van der Waals surface area contributed by atoms with Gasteiger partial charge in [0.1, 0.15) is 5.75 Å². The highest BCUT2D eigenvalue weighted by atomic mass is 16.5. The lowest BCUT2D eigenvalue weighted by molar-refractivity contribution is 0.100. The number of hydrogen-bond acceptors (Lipinski definition) is 5. The minimum Gasteiger partial charge on any atom is -0.497 e. The maximum Gasteiger partial charge on any atom is 0.250 e. The van der Waals surface area contributed by atoms with E-state index in [0.717, 1.165) is 37.6 Å². The Bertz CT molecular complexity index is 722. The monoisotopic (exact) mass is 326 g/mol. The smallest absolute Gasteiger partial charge is 0.250 e. The molecule has 2 aromatic carbocycles. The average molecular weight is 326 g/mol. The van der Waals surface area contributed by atoms with E-state index in [4.69, 9.17) is 16.2 Å². The molecule has 1 aliphatic rings. The molecule has 1 amide bonds. The van der Waals surface area contributed by atoms with Crippen LogP contribution in [0.1, 0.15) is 10.4 Å². The summed E-state index contributed by atoms with van der Waals surface area (Å²) in [6, 6.07) is 13.4. The molecule has 0 aromatic heterocycles. The summed E-state index contributed by atoms with van der Waals surface area (Å²) in [6.45, 7) is 3.37. The van der Waals surface area contributed by atoms with Crippen LogP contribution in [0.25, 0.3) is 0 Å². The van der Waals surface area contributed by atoms with Crippen LogP contribution in [-0.2, 0) is 0 Å². The van der Waals surface area contributed by atoms with Gasteiger partial charge in [-0.25, -0.2) is 0 Å². The molecule has 4 N–H and O–H groups in total. The normalized spacial score (nSPS) is 14.5. The second kappa shape index (κ2) is 6.70. The first kappa shape index (κ1) is 16.0. The minimum absolute atomic E-state index is 0.449. The molecule has 2 aromatic rings. The summed E-state index contributed by atoms with van der Waals surface area (Å²) in [5.74, 6) is 0.403. The molecule has 24 heavy (non-hydrogen) atoms. The lowest BCUT2D eigenvalue weighted by atomic mass is 10.1. The van der Waals surface area contributed by atoms with Gasteiger partial charge in [-0.2, -0.15) is 0 Å². The Morgan fingerprint density at radius 3 is 2.21 bits per heavy atom. The van der Waals surface area contributed by atoms with Crippen molar-refractivity contribution in [3.63, 3.8) is 0 Å². The van der Waals surface area contributed by atoms with Gasteiger partial charge in [-0.05, 0) is 42.5 Å². The second-order valence-electron chi connectivity index (χ2n) is 5.81. The fourth-order valence-corrected chi connectivity index (χ4v) is 3.03. The van der Waals surface area contributed by atoms with E-state index in [1.807, 2.05) is 18.2 Å². The van der Waals surface area contributed by atoms with Gasteiger partial charge in [0.15, 0.2) is 0 Å². The quantitative estimate of drug-likeness (QED) is 0.836. The van der Waals surface area contributed by atoms with Crippen molar-refractivity contribution in [2.75, 3.05) is 48.8 Å². The molecule has 6 nitrogen and oxygen atoms in total. The predicted molar refractivity (Wildman–Crippen MR) is 96.8 cm³/mol. The van der Waals surface area contributed by atoms with E-state index in [1.54, 1.807) is 19.2 Å². The van der Waals surface area contributed by atoms with Gasteiger partial charge < -0.3 is 26.0 Å². The Kier molecular flexibility index (Phi) is 4.46. The molecule has 1 aliphatic heterocycles. The highest BCUT2D eigenvalue weighted by Crippen LogP contribution is 2.26. The predicted octanol–water partition coefficient (Wildman–Crippen LogP) is 1.70. The fraction of sp³-hybridized carbons (Fsp3) is 0.278. The topological polar surface area (TPSA) is 84.8 Å². The van der Waals surface area contributed by atoms with E-state index in [-0.39, 0.29) is 0 Å².